The van der Waals surface area contributed by atoms with Gasteiger partial charge in [0, 0.05) is 6.42 Å². The summed E-state index contributed by atoms with van der Waals surface area (Å²) in [6.07, 6.45) is 2.93. The number of rotatable bonds is 9. The number of ketones is 1. The lowest BCUT2D eigenvalue weighted by Gasteiger charge is -2.19. The van der Waals surface area contributed by atoms with Gasteiger partial charge in [0.05, 0.1) is 20.6 Å². The molecule has 0 saturated heterocycles. The van der Waals surface area contributed by atoms with Gasteiger partial charge in [0.15, 0.2) is 11.5 Å². The lowest BCUT2D eigenvalue weighted by atomic mass is 10.1. The largest absolute Gasteiger partial charge is 0.493 e. The van der Waals surface area contributed by atoms with E-state index in [0.29, 0.717) is 11.5 Å². The Morgan fingerprint density at radius 2 is 1.72 bits per heavy atom. The monoisotopic (exact) mass is 440 g/mol. The summed E-state index contributed by atoms with van der Waals surface area (Å²) in [6, 6.07) is 10.0. The molecule has 0 unspecified atom stereocenters. The summed E-state index contributed by atoms with van der Waals surface area (Å²) in [7, 11) is 3.08. The van der Waals surface area contributed by atoms with Crippen LogP contribution in [0.3, 0.4) is 0 Å². The minimum absolute atomic E-state index is 0.0458. The van der Waals surface area contributed by atoms with Crippen LogP contribution >= 0.6 is 0 Å². The van der Waals surface area contributed by atoms with Gasteiger partial charge in [-0.15, -0.1) is 0 Å². The molecule has 0 aliphatic carbocycles. The average Bonchev–Trinajstić information content (AvgIpc) is 2.74. The molecule has 8 heteroatoms. The fourth-order valence-corrected chi connectivity index (χ4v) is 2.67. The number of amides is 1. The van der Waals surface area contributed by atoms with Crippen molar-refractivity contribution in [1.29, 1.82) is 0 Å². The van der Waals surface area contributed by atoms with Crippen molar-refractivity contribution in [2.45, 2.75) is 39.2 Å². The number of carbonyl (C=O) groups is 3. The summed E-state index contributed by atoms with van der Waals surface area (Å²) in [5.74, 6) is 0.192. The van der Waals surface area contributed by atoms with E-state index in [-0.39, 0.29) is 30.1 Å². The first-order chi connectivity index (χ1) is 15.1. The second-order valence-corrected chi connectivity index (χ2v) is 7.85. The molecule has 8 nitrogen and oxygen atoms in total. The fourth-order valence-electron chi connectivity index (χ4n) is 2.67. The summed E-state index contributed by atoms with van der Waals surface area (Å²) in [6.45, 7) is 5.28. The van der Waals surface area contributed by atoms with Crippen LogP contribution in [0.25, 0.3) is 6.08 Å². The Kier molecular flexibility index (Phi) is 8.52. The number of carbonyl (C=O) groups excluding carboxylic acids is 3. The number of hydrogen-bond acceptors (Lipinski definition) is 7. The number of hydrogen-bond donors (Lipinski definition) is 1. The first kappa shape index (κ1) is 24.6. The molecule has 1 aromatic carbocycles. The molecule has 1 N–H and O–H groups in total. The summed E-state index contributed by atoms with van der Waals surface area (Å²) in [5.41, 5.74) is 0.322. The van der Waals surface area contributed by atoms with Crippen LogP contribution in [0, 0.1) is 0 Å². The van der Waals surface area contributed by atoms with Crippen LogP contribution in [-0.2, 0) is 14.3 Å². The lowest BCUT2D eigenvalue weighted by Crippen LogP contribution is -2.24. The van der Waals surface area contributed by atoms with Crippen LogP contribution in [0.2, 0.25) is 0 Å². The van der Waals surface area contributed by atoms with Gasteiger partial charge in [-0.2, -0.15) is 0 Å². The van der Waals surface area contributed by atoms with Crippen LogP contribution in [-0.4, -0.2) is 42.5 Å². The van der Waals surface area contributed by atoms with Gasteiger partial charge in [-0.25, -0.2) is 4.98 Å². The van der Waals surface area contributed by atoms with Crippen molar-refractivity contribution >= 4 is 29.6 Å². The molecule has 0 saturated carbocycles. The first-order valence-corrected chi connectivity index (χ1v) is 10.0. The van der Waals surface area contributed by atoms with E-state index in [9.17, 15) is 14.4 Å². The van der Waals surface area contributed by atoms with Crippen LogP contribution < -0.4 is 14.8 Å². The van der Waals surface area contributed by atoms with Crippen LogP contribution in [0.1, 0.15) is 49.7 Å². The predicted molar refractivity (Wildman–Crippen MR) is 121 cm³/mol. The Hall–Kier alpha value is -3.68. The van der Waals surface area contributed by atoms with E-state index in [1.165, 1.54) is 13.2 Å². The Morgan fingerprint density at radius 3 is 2.38 bits per heavy atom. The summed E-state index contributed by atoms with van der Waals surface area (Å²) >= 11 is 0. The normalized spacial score (nSPS) is 11.2. The molecule has 2 rings (SSSR count). The van der Waals surface area contributed by atoms with E-state index >= 15 is 0 Å². The Balaban J connectivity index is 1.98. The highest BCUT2D eigenvalue weighted by Gasteiger charge is 2.17. The standard InChI is InChI=1S/C24H28N2O6/c1-24(2,3)32-23(29)14-13-22(28)26-21-8-6-7-17(25-21)18(27)11-9-16-10-12-19(30-4)20(15-16)31-5/h6-12,15H,13-14H2,1-5H3,(H,25,26,28). The van der Waals surface area contributed by atoms with Crippen molar-refractivity contribution < 1.29 is 28.6 Å². The Bertz CT molecular complexity index is 1010. The van der Waals surface area contributed by atoms with E-state index in [0.717, 1.165) is 5.56 Å². The van der Waals surface area contributed by atoms with Crippen LogP contribution in [0.15, 0.2) is 42.5 Å². The minimum Gasteiger partial charge on any atom is -0.493 e. The summed E-state index contributed by atoms with van der Waals surface area (Å²) in [4.78, 5) is 40.5. The van der Waals surface area contributed by atoms with Gasteiger partial charge in [0.25, 0.3) is 0 Å². The van der Waals surface area contributed by atoms with Gasteiger partial charge in [-0.05, 0) is 56.7 Å². The maximum Gasteiger partial charge on any atom is 0.306 e. The lowest BCUT2D eigenvalue weighted by molar-refractivity contribution is -0.155. The smallest absolute Gasteiger partial charge is 0.306 e. The zero-order chi connectivity index (χ0) is 23.7. The molecule has 0 fully saturated rings. The zero-order valence-electron chi connectivity index (χ0n) is 18.9. The number of ether oxygens (including phenoxy) is 3. The van der Waals surface area contributed by atoms with Gasteiger partial charge < -0.3 is 19.5 Å². The third kappa shape index (κ3) is 7.86. The summed E-state index contributed by atoms with van der Waals surface area (Å²) < 4.78 is 15.6. The molecule has 170 valence electrons. The van der Waals surface area contributed by atoms with E-state index in [1.807, 2.05) is 0 Å². The van der Waals surface area contributed by atoms with Crippen molar-refractivity contribution in [2.24, 2.45) is 0 Å². The molecule has 2 aromatic rings. The highest BCUT2D eigenvalue weighted by Crippen LogP contribution is 2.28. The van der Waals surface area contributed by atoms with Gasteiger partial charge in [-0.1, -0.05) is 18.2 Å². The molecule has 32 heavy (non-hydrogen) atoms. The number of benzene rings is 1. The molecular weight excluding hydrogens is 412 g/mol. The molecule has 0 aliphatic heterocycles. The van der Waals surface area contributed by atoms with Gasteiger partial charge in [0.1, 0.15) is 17.1 Å². The van der Waals surface area contributed by atoms with Crippen molar-refractivity contribution in [3.05, 3.63) is 53.7 Å². The van der Waals surface area contributed by atoms with Gasteiger partial charge in [0.2, 0.25) is 11.7 Å². The van der Waals surface area contributed by atoms with Crippen molar-refractivity contribution in [3.8, 4) is 11.5 Å². The first-order valence-electron chi connectivity index (χ1n) is 10.0. The topological polar surface area (TPSA) is 104 Å². The van der Waals surface area contributed by atoms with Crippen LogP contribution in [0.4, 0.5) is 5.82 Å². The molecule has 0 radical (unpaired) electrons. The quantitative estimate of drug-likeness (QED) is 0.356. The molecule has 1 amide bonds. The number of aromatic nitrogens is 1. The predicted octanol–water partition coefficient (Wildman–Crippen LogP) is 4.06. The molecule has 1 heterocycles. The summed E-state index contributed by atoms with van der Waals surface area (Å²) in [5, 5.41) is 2.59. The molecular formula is C24H28N2O6. The van der Waals surface area contributed by atoms with E-state index in [1.54, 1.807) is 70.4 Å². The second-order valence-electron chi connectivity index (χ2n) is 7.85. The molecule has 0 aliphatic rings. The highest BCUT2D eigenvalue weighted by atomic mass is 16.6. The second kappa shape index (κ2) is 11.1. The van der Waals surface area contributed by atoms with Gasteiger partial charge >= 0.3 is 5.97 Å². The van der Waals surface area contributed by atoms with Crippen molar-refractivity contribution in [1.82, 2.24) is 4.98 Å². The third-order valence-electron chi connectivity index (χ3n) is 4.08. The molecule has 1 aromatic heterocycles. The number of anilines is 1. The number of nitrogens with zero attached hydrogens (tertiary/aromatic N) is 1. The SMILES string of the molecule is COc1ccc(C=CC(=O)c2cccc(NC(=O)CCC(=O)OC(C)(C)C)n2)cc1OC. The van der Waals surface area contributed by atoms with Gasteiger partial charge in [-0.3, -0.25) is 14.4 Å². The number of methoxy groups -OCH3 is 2. The maximum absolute atomic E-state index is 12.5. The number of allylic oxidation sites excluding steroid dienone is 1. The fraction of sp³-hybridized carbons (Fsp3) is 0.333. The van der Waals surface area contributed by atoms with Crippen molar-refractivity contribution in [3.63, 3.8) is 0 Å². The van der Waals surface area contributed by atoms with Crippen LogP contribution in [0.5, 0.6) is 11.5 Å². The molecule has 0 bridgehead atoms. The molecule has 0 spiro atoms. The third-order valence-corrected chi connectivity index (χ3v) is 4.08. The number of pyridine rings is 1. The Morgan fingerprint density at radius 1 is 1.00 bits per heavy atom. The number of esters is 1. The average molecular weight is 440 g/mol. The minimum atomic E-state index is -0.603. The Labute approximate surface area is 187 Å². The highest BCUT2D eigenvalue weighted by molar-refractivity contribution is 6.06. The zero-order valence-corrected chi connectivity index (χ0v) is 18.9. The van der Waals surface area contributed by atoms with Crippen molar-refractivity contribution in [2.75, 3.05) is 19.5 Å². The van der Waals surface area contributed by atoms with E-state index in [2.05, 4.69) is 10.3 Å². The van der Waals surface area contributed by atoms with E-state index in [4.69, 9.17) is 14.2 Å². The molecule has 0 atom stereocenters. The van der Waals surface area contributed by atoms with E-state index < -0.39 is 17.5 Å². The maximum atomic E-state index is 12.5. The number of nitrogens with one attached hydrogen (secondary N) is 1.